The molecule has 0 radical (unpaired) electrons. The van der Waals surface area contributed by atoms with Crippen LogP contribution in [0.15, 0.2) is 24.3 Å². The Morgan fingerprint density at radius 2 is 1.74 bits per heavy atom. The van der Waals surface area contributed by atoms with Crippen molar-refractivity contribution in [2.45, 2.75) is 45.6 Å². The van der Waals surface area contributed by atoms with Crippen LogP contribution in [0.4, 0.5) is 10.5 Å². The first kappa shape index (κ1) is 19.7. The number of hydrogen-bond donors (Lipinski definition) is 1. The highest BCUT2D eigenvalue weighted by Gasteiger charge is 2.26. The Bertz CT molecular complexity index is 675. The fourth-order valence-electron chi connectivity index (χ4n) is 3.76. The number of carbonyl (C=O) groups is 2. The molecule has 0 aliphatic carbocycles. The smallest absolute Gasteiger partial charge is 0.317 e. The fourth-order valence-corrected chi connectivity index (χ4v) is 3.76. The van der Waals surface area contributed by atoms with Crippen LogP contribution in [0.2, 0.25) is 0 Å². The number of amides is 3. The fraction of sp³-hybridized carbons (Fsp3) is 0.619. The molecule has 0 saturated carbocycles. The van der Waals surface area contributed by atoms with E-state index in [2.05, 4.69) is 22.3 Å². The summed E-state index contributed by atoms with van der Waals surface area (Å²) in [5.74, 6) is 0.204. The number of benzene rings is 1. The first-order valence-electron chi connectivity index (χ1n) is 10.0. The summed E-state index contributed by atoms with van der Waals surface area (Å²) >= 11 is 0. The van der Waals surface area contributed by atoms with Crippen molar-refractivity contribution in [3.05, 3.63) is 29.8 Å². The number of para-hydroxylation sites is 1. The monoisotopic (exact) mass is 372 g/mol. The van der Waals surface area contributed by atoms with Crippen LogP contribution in [0.1, 0.15) is 39.2 Å². The second kappa shape index (κ2) is 8.30. The van der Waals surface area contributed by atoms with Crippen molar-refractivity contribution in [2.75, 3.05) is 44.2 Å². The summed E-state index contributed by atoms with van der Waals surface area (Å²) in [5, 5.41) is 3.01. The van der Waals surface area contributed by atoms with E-state index in [1.807, 2.05) is 42.7 Å². The first-order valence-corrected chi connectivity index (χ1v) is 10.0. The van der Waals surface area contributed by atoms with Gasteiger partial charge >= 0.3 is 6.03 Å². The Labute approximate surface area is 162 Å². The highest BCUT2D eigenvalue weighted by Crippen LogP contribution is 2.27. The maximum absolute atomic E-state index is 12.8. The molecule has 3 amide bonds. The van der Waals surface area contributed by atoms with Crippen molar-refractivity contribution in [1.29, 1.82) is 0 Å². The number of rotatable bonds is 3. The van der Waals surface area contributed by atoms with E-state index in [9.17, 15) is 9.59 Å². The van der Waals surface area contributed by atoms with Crippen LogP contribution in [-0.4, -0.2) is 66.5 Å². The lowest BCUT2D eigenvalue weighted by Gasteiger charge is -2.36. The van der Waals surface area contributed by atoms with Gasteiger partial charge in [-0.1, -0.05) is 18.2 Å². The maximum Gasteiger partial charge on any atom is 0.317 e. The third-order valence-corrected chi connectivity index (χ3v) is 5.19. The SMILES string of the molecule is CC(C)(C)NC(=O)N1CCN(CCC(=O)N2CCCc3ccccc32)CC1. The summed E-state index contributed by atoms with van der Waals surface area (Å²) in [4.78, 5) is 31.1. The van der Waals surface area contributed by atoms with Crippen LogP contribution in [0.3, 0.4) is 0 Å². The van der Waals surface area contributed by atoms with Crippen LogP contribution in [0, 0.1) is 0 Å². The summed E-state index contributed by atoms with van der Waals surface area (Å²) < 4.78 is 0. The largest absolute Gasteiger partial charge is 0.333 e. The molecule has 6 heteroatoms. The zero-order valence-corrected chi connectivity index (χ0v) is 16.8. The molecule has 2 heterocycles. The molecule has 6 nitrogen and oxygen atoms in total. The second-order valence-corrected chi connectivity index (χ2v) is 8.54. The predicted octanol–water partition coefficient (Wildman–Crippen LogP) is 2.48. The van der Waals surface area contributed by atoms with Gasteiger partial charge in [-0.15, -0.1) is 0 Å². The van der Waals surface area contributed by atoms with E-state index in [0.717, 1.165) is 44.7 Å². The van der Waals surface area contributed by atoms with Gasteiger partial charge in [0.1, 0.15) is 0 Å². The van der Waals surface area contributed by atoms with Gasteiger partial charge in [0.15, 0.2) is 0 Å². The number of carbonyl (C=O) groups excluding carboxylic acids is 2. The molecule has 1 N–H and O–H groups in total. The molecule has 0 spiro atoms. The van der Waals surface area contributed by atoms with Crippen molar-refractivity contribution in [2.24, 2.45) is 0 Å². The van der Waals surface area contributed by atoms with E-state index in [0.29, 0.717) is 19.5 Å². The van der Waals surface area contributed by atoms with E-state index in [4.69, 9.17) is 0 Å². The van der Waals surface area contributed by atoms with Gasteiger partial charge in [-0.2, -0.15) is 0 Å². The minimum atomic E-state index is -0.217. The zero-order chi connectivity index (χ0) is 19.4. The molecule has 1 fully saturated rings. The molecule has 1 saturated heterocycles. The number of aryl methyl sites for hydroxylation is 1. The Hall–Kier alpha value is -2.08. The number of piperazine rings is 1. The third kappa shape index (κ3) is 5.22. The topological polar surface area (TPSA) is 55.9 Å². The molecule has 27 heavy (non-hydrogen) atoms. The number of urea groups is 1. The molecule has 0 bridgehead atoms. The molecule has 1 aromatic carbocycles. The predicted molar refractivity (Wildman–Crippen MR) is 108 cm³/mol. The van der Waals surface area contributed by atoms with Crippen LogP contribution < -0.4 is 10.2 Å². The molecule has 148 valence electrons. The highest BCUT2D eigenvalue weighted by atomic mass is 16.2. The van der Waals surface area contributed by atoms with Crippen LogP contribution in [-0.2, 0) is 11.2 Å². The molecule has 2 aliphatic rings. The Kier molecular flexibility index (Phi) is 6.05. The molecule has 2 aliphatic heterocycles. The van der Waals surface area contributed by atoms with E-state index < -0.39 is 0 Å². The van der Waals surface area contributed by atoms with Crippen LogP contribution in [0.25, 0.3) is 0 Å². The highest BCUT2D eigenvalue weighted by molar-refractivity contribution is 5.94. The van der Waals surface area contributed by atoms with Gasteiger partial charge < -0.3 is 15.1 Å². The minimum Gasteiger partial charge on any atom is -0.333 e. The molecule has 0 unspecified atom stereocenters. The Morgan fingerprint density at radius 1 is 1.04 bits per heavy atom. The van der Waals surface area contributed by atoms with E-state index >= 15 is 0 Å². The lowest BCUT2D eigenvalue weighted by Crippen LogP contribution is -2.55. The Morgan fingerprint density at radius 3 is 2.44 bits per heavy atom. The van der Waals surface area contributed by atoms with Crippen molar-refractivity contribution in [3.8, 4) is 0 Å². The number of anilines is 1. The van der Waals surface area contributed by atoms with Gasteiger partial charge in [-0.25, -0.2) is 4.79 Å². The summed E-state index contributed by atoms with van der Waals surface area (Å²) in [5.41, 5.74) is 2.14. The maximum atomic E-state index is 12.8. The quantitative estimate of drug-likeness (QED) is 0.887. The summed E-state index contributed by atoms with van der Waals surface area (Å²) in [7, 11) is 0. The molecular formula is C21H32N4O2. The van der Waals surface area contributed by atoms with Gasteiger partial charge in [0.05, 0.1) is 0 Å². The summed E-state index contributed by atoms with van der Waals surface area (Å²) in [6, 6.07) is 8.23. The summed E-state index contributed by atoms with van der Waals surface area (Å²) in [6.45, 7) is 10.6. The number of nitrogens with zero attached hydrogens (tertiary/aromatic N) is 3. The average Bonchev–Trinajstić information content (AvgIpc) is 2.64. The van der Waals surface area contributed by atoms with Crippen molar-refractivity contribution >= 4 is 17.6 Å². The summed E-state index contributed by atoms with van der Waals surface area (Å²) in [6.07, 6.45) is 2.62. The van der Waals surface area contributed by atoms with Gasteiger partial charge in [0, 0.05) is 56.9 Å². The van der Waals surface area contributed by atoms with Gasteiger partial charge in [-0.3, -0.25) is 9.69 Å². The van der Waals surface area contributed by atoms with Crippen LogP contribution in [0.5, 0.6) is 0 Å². The zero-order valence-electron chi connectivity index (χ0n) is 16.8. The lowest BCUT2D eigenvalue weighted by atomic mass is 10.0. The molecule has 1 aromatic rings. The van der Waals surface area contributed by atoms with E-state index in [1.165, 1.54) is 5.56 Å². The van der Waals surface area contributed by atoms with Gasteiger partial charge in [0.25, 0.3) is 0 Å². The van der Waals surface area contributed by atoms with Crippen molar-refractivity contribution in [3.63, 3.8) is 0 Å². The standard InChI is InChI=1S/C21H32N4O2/c1-21(2,3)22-20(27)24-15-13-23(14-16-24)12-10-19(26)25-11-6-8-17-7-4-5-9-18(17)25/h4-5,7,9H,6,8,10-16H2,1-3H3,(H,22,27). The van der Waals surface area contributed by atoms with Gasteiger partial charge in [0.2, 0.25) is 5.91 Å². The molecule has 3 rings (SSSR count). The minimum absolute atomic E-state index is 0.00292. The number of nitrogens with one attached hydrogen (secondary N) is 1. The third-order valence-electron chi connectivity index (χ3n) is 5.19. The molecule has 0 atom stereocenters. The average molecular weight is 373 g/mol. The van der Waals surface area contributed by atoms with Gasteiger partial charge in [-0.05, 0) is 45.2 Å². The van der Waals surface area contributed by atoms with Crippen molar-refractivity contribution in [1.82, 2.24) is 15.1 Å². The molecule has 0 aromatic heterocycles. The number of hydrogen-bond acceptors (Lipinski definition) is 3. The van der Waals surface area contributed by atoms with Crippen molar-refractivity contribution < 1.29 is 9.59 Å². The first-order chi connectivity index (χ1) is 12.8. The Balaban J connectivity index is 1.46. The normalized spacial score (nSPS) is 18.2. The van der Waals surface area contributed by atoms with E-state index in [-0.39, 0.29) is 17.5 Å². The van der Waals surface area contributed by atoms with E-state index in [1.54, 1.807) is 0 Å². The molecular weight excluding hydrogens is 340 g/mol. The lowest BCUT2D eigenvalue weighted by molar-refractivity contribution is -0.119. The van der Waals surface area contributed by atoms with Crippen LogP contribution >= 0.6 is 0 Å². The number of fused-ring (bicyclic) bond motifs is 1. The second-order valence-electron chi connectivity index (χ2n) is 8.54.